The second kappa shape index (κ2) is 5.12. The molecule has 1 fully saturated rings. The van der Waals surface area contributed by atoms with Gasteiger partial charge in [0.15, 0.2) is 5.76 Å². The maximum Gasteiger partial charge on any atom is 0.243 e. The summed E-state index contributed by atoms with van der Waals surface area (Å²) in [6.45, 7) is 3.96. The Bertz CT molecular complexity index is 681. The van der Waals surface area contributed by atoms with Crippen molar-refractivity contribution in [2.24, 2.45) is 11.0 Å². The van der Waals surface area contributed by atoms with Gasteiger partial charge in [0.1, 0.15) is 11.3 Å². The van der Waals surface area contributed by atoms with E-state index >= 15 is 0 Å². The van der Waals surface area contributed by atoms with Gasteiger partial charge in [0.25, 0.3) is 0 Å². The van der Waals surface area contributed by atoms with E-state index in [2.05, 4.69) is 23.5 Å². The van der Waals surface area contributed by atoms with Gasteiger partial charge in [-0.05, 0) is 32.3 Å². The smallest absolute Gasteiger partial charge is 0.243 e. The average Bonchev–Trinajstić information content (AvgIpc) is 3.24. The Kier molecular flexibility index (Phi) is 3.30. The van der Waals surface area contributed by atoms with Gasteiger partial charge in [-0.25, -0.2) is 5.43 Å². The largest absolute Gasteiger partial charge is 0.454 e. The zero-order valence-corrected chi connectivity index (χ0v) is 11.8. The molecule has 2 aromatic rings. The van der Waals surface area contributed by atoms with E-state index in [1.165, 1.54) is 0 Å². The number of fused-ring (bicyclic) bond motifs is 1. The van der Waals surface area contributed by atoms with Gasteiger partial charge in [-0.3, -0.25) is 4.79 Å². The third kappa shape index (κ3) is 2.33. The fraction of sp³-hybridized carbons (Fsp3) is 0.375. The number of aryl methyl sites for hydroxylation is 1. The minimum atomic E-state index is 0.0125. The van der Waals surface area contributed by atoms with Gasteiger partial charge in [-0.1, -0.05) is 25.1 Å². The molecular weight excluding hydrogens is 252 g/mol. The van der Waals surface area contributed by atoms with Crippen molar-refractivity contribution in [2.45, 2.75) is 33.1 Å². The Morgan fingerprint density at radius 3 is 2.85 bits per heavy atom. The van der Waals surface area contributed by atoms with Crippen LogP contribution in [-0.2, 0) is 11.2 Å². The predicted molar refractivity (Wildman–Crippen MR) is 78.7 cm³/mol. The Morgan fingerprint density at radius 1 is 1.40 bits per heavy atom. The summed E-state index contributed by atoms with van der Waals surface area (Å²) in [5.74, 6) is 0.941. The molecule has 0 unspecified atom stereocenters. The first kappa shape index (κ1) is 12.9. The number of hydrazone groups is 1. The van der Waals surface area contributed by atoms with Crippen molar-refractivity contribution in [2.75, 3.05) is 0 Å². The van der Waals surface area contributed by atoms with Crippen molar-refractivity contribution < 1.29 is 9.21 Å². The molecule has 0 spiro atoms. The van der Waals surface area contributed by atoms with Gasteiger partial charge in [0.05, 0.1) is 0 Å². The zero-order chi connectivity index (χ0) is 14.1. The lowest BCUT2D eigenvalue weighted by molar-refractivity contribution is -0.122. The first-order chi connectivity index (χ1) is 9.70. The molecule has 1 aromatic heterocycles. The maximum atomic E-state index is 11.6. The molecule has 4 heteroatoms. The number of carbonyl (C=O) groups is 1. The van der Waals surface area contributed by atoms with Crippen LogP contribution in [0.25, 0.3) is 11.0 Å². The average molecular weight is 270 g/mol. The Hall–Kier alpha value is -2.10. The number of carbonyl (C=O) groups excluding carboxylic acids is 1. The minimum absolute atomic E-state index is 0.0125. The molecule has 1 amide bonds. The van der Waals surface area contributed by atoms with E-state index in [1.807, 2.05) is 25.1 Å². The van der Waals surface area contributed by atoms with Gasteiger partial charge in [-0.15, -0.1) is 0 Å². The van der Waals surface area contributed by atoms with E-state index in [9.17, 15) is 4.79 Å². The number of furan rings is 1. The quantitative estimate of drug-likeness (QED) is 0.685. The zero-order valence-electron chi connectivity index (χ0n) is 11.8. The third-order valence-electron chi connectivity index (χ3n) is 3.66. The van der Waals surface area contributed by atoms with Gasteiger partial charge in [-0.2, -0.15) is 5.10 Å². The topological polar surface area (TPSA) is 54.6 Å². The van der Waals surface area contributed by atoms with Crippen LogP contribution < -0.4 is 5.43 Å². The molecule has 1 N–H and O–H groups in total. The summed E-state index contributed by atoms with van der Waals surface area (Å²) in [5, 5.41) is 5.30. The molecule has 1 aliphatic rings. The standard InChI is InChI=1S/C16H18N2O2/c1-3-12-13-6-4-5-7-14(13)20-15(12)10(2)17-18-16(19)11-8-9-11/h4-7,11H,3,8-9H2,1-2H3,(H,18,19)/b17-10-. The molecule has 0 aliphatic heterocycles. The van der Waals surface area contributed by atoms with E-state index in [1.54, 1.807) is 0 Å². The summed E-state index contributed by atoms with van der Waals surface area (Å²) < 4.78 is 5.88. The maximum absolute atomic E-state index is 11.6. The number of rotatable bonds is 4. The van der Waals surface area contributed by atoms with Crippen LogP contribution in [0.2, 0.25) is 0 Å². The summed E-state index contributed by atoms with van der Waals surface area (Å²) in [7, 11) is 0. The lowest BCUT2D eigenvalue weighted by atomic mass is 10.1. The van der Waals surface area contributed by atoms with Crippen LogP contribution in [0.5, 0.6) is 0 Å². The van der Waals surface area contributed by atoms with Crippen molar-refractivity contribution >= 4 is 22.6 Å². The van der Waals surface area contributed by atoms with Crippen molar-refractivity contribution in [1.82, 2.24) is 5.43 Å². The summed E-state index contributed by atoms with van der Waals surface area (Å²) in [6, 6.07) is 7.96. The molecule has 0 atom stereocenters. The van der Waals surface area contributed by atoms with Crippen LogP contribution in [0.1, 0.15) is 38.0 Å². The SMILES string of the molecule is CCc1c(/C(C)=N\NC(=O)C2CC2)oc2ccccc12. The first-order valence-electron chi connectivity index (χ1n) is 7.05. The number of hydrogen-bond acceptors (Lipinski definition) is 3. The van der Waals surface area contributed by atoms with Gasteiger partial charge in [0.2, 0.25) is 5.91 Å². The summed E-state index contributed by atoms with van der Waals surface area (Å²) in [5.41, 5.74) is 5.35. The first-order valence-corrected chi connectivity index (χ1v) is 7.05. The van der Waals surface area contributed by atoms with Crippen LogP contribution >= 0.6 is 0 Å². The fourth-order valence-corrected chi connectivity index (χ4v) is 2.37. The molecule has 20 heavy (non-hydrogen) atoms. The highest BCUT2D eigenvalue weighted by molar-refractivity contribution is 6.02. The lowest BCUT2D eigenvalue weighted by Crippen LogP contribution is -2.20. The lowest BCUT2D eigenvalue weighted by Gasteiger charge is -2.01. The second-order valence-corrected chi connectivity index (χ2v) is 5.21. The van der Waals surface area contributed by atoms with Crippen LogP contribution in [0.15, 0.2) is 33.8 Å². The van der Waals surface area contributed by atoms with E-state index in [-0.39, 0.29) is 11.8 Å². The molecule has 1 aromatic carbocycles. The van der Waals surface area contributed by atoms with Crippen molar-refractivity contribution in [3.63, 3.8) is 0 Å². The molecule has 0 bridgehead atoms. The molecule has 0 saturated heterocycles. The Morgan fingerprint density at radius 2 is 2.15 bits per heavy atom. The van der Waals surface area contributed by atoms with Gasteiger partial charge < -0.3 is 4.42 Å². The van der Waals surface area contributed by atoms with Crippen molar-refractivity contribution in [3.05, 3.63) is 35.6 Å². The molecule has 104 valence electrons. The number of nitrogens with zero attached hydrogens (tertiary/aromatic N) is 1. The fourth-order valence-electron chi connectivity index (χ4n) is 2.37. The van der Waals surface area contributed by atoms with E-state index in [4.69, 9.17) is 4.42 Å². The predicted octanol–water partition coefficient (Wildman–Crippen LogP) is 3.25. The van der Waals surface area contributed by atoms with Crippen LogP contribution in [0, 0.1) is 5.92 Å². The van der Waals surface area contributed by atoms with Crippen molar-refractivity contribution in [1.29, 1.82) is 0 Å². The monoisotopic (exact) mass is 270 g/mol. The van der Waals surface area contributed by atoms with Crippen LogP contribution in [0.3, 0.4) is 0 Å². The Balaban J connectivity index is 1.91. The van der Waals surface area contributed by atoms with Crippen LogP contribution in [0.4, 0.5) is 0 Å². The summed E-state index contributed by atoms with van der Waals surface area (Å²) >= 11 is 0. The molecule has 1 heterocycles. The number of hydrogen-bond donors (Lipinski definition) is 1. The normalized spacial score (nSPS) is 15.6. The highest BCUT2D eigenvalue weighted by Crippen LogP contribution is 2.29. The highest BCUT2D eigenvalue weighted by atomic mass is 16.3. The molecule has 3 rings (SSSR count). The molecule has 1 aliphatic carbocycles. The molecule has 1 saturated carbocycles. The van der Waals surface area contributed by atoms with E-state index in [0.29, 0.717) is 5.71 Å². The van der Waals surface area contributed by atoms with Crippen molar-refractivity contribution in [3.8, 4) is 0 Å². The molecule has 4 nitrogen and oxygen atoms in total. The number of amides is 1. The van der Waals surface area contributed by atoms with E-state index in [0.717, 1.165) is 41.6 Å². The molecular formula is C16H18N2O2. The number of nitrogens with one attached hydrogen (secondary N) is 1. The third-order valence-corrected chi connectivity index (χ3v) is 3.66. The number of benzene rings is 1. The van der Waals surface area contributed by atoms with Crippen LogP contribution in [-0.4, -0.2) is 11.6 Å². The number of para-hydroxylation sites is 1. The van der Waals surface area contributed by atoms with Gasteiger partial charge >= 0.3 is 0 Å². The molecule has 0 radical (unpaired) electrons. The summed E-state index contributed by atoms with van der Waals surface area (Å²) in [4.78, 5) is 11.6. The minimum Gasteiger partial charge on any atom is -0.454 e. The van der Waals surface area contributed by atoms with Gasteiger partial charge in [0, 0.05) is 16.9 Å². The second-order valence-electron chi connectivity index (χ2n) is 5.21. The Labute approximate surface area is 117 Å². The highest BCUT2D eigenvalue weighted by Gasteiger charge is 2.29. The van der Waals surface area contributed by atoms with E-state index < -0.39 is 0 Å². The summed E-state index contributed by atoms with van der Waals surface area (Å²) in [6.07, 6.45) is 2.83.